The van der Waals surface area contributed by atoms with Crippen molar-refractivity contribution in [1.29, 1.82) is 0 Å². The largest absolute Gasteiger partial charge is 0.481 e. The molecule has 13 nitrogen and oxygen atoms in total. The van der Waals surface area contributed by atoms with Crippen LogP contribution in [0.1, 0.15) is 12.6 Å². The fourth-order valence-corrected chi connectivity index (χ4v) is 2.79. The maximum atomic E-state index is 11.2. The lowest BCUT2D eigenvalue weighted by Gasteiger charge is -2.17. The van der Waals surface area contributed by atoms with Crippen molar-refractivity contribution in [2.75, 3.05) is 11.9 Å². The Morgan fingerprint density at radius 1 is 1.22 bits per heavy atom. The number of imidazole rings is 1. The highest BCUT2D eigenvalue weighted by Gasteiger charge is 2.44. The van der Waals surface area contributed by atoms with Crippen molar-refractivity contribution in [3.05, 3.63) is 12.7 Å². The molecule has 0 saturated carbocycles. The second-order valence-corrected chi connectivity index (χ2v) is 5.91. The predicted molar refractivity (Wildman–Crippen MR) is 85.6 cm³/mol. The third-order valence-electron chi connectivity index (χ3n) is 4.14. The van der Waals surface area contributed by atoms with E-state index in [1.807, 2.05) is 0 Å². The Kier molecular flexibility index (Phi) is 5.18. The summed E-state index contributed by atoms with van der Waals surface area (Å²) in [5.74, 6) is -2.71. The Bertz CT molecular complexity index is 857. The van der Waals surface area contributed by atoms with Gasteiger partial charge in [-0.15, -0.1) is 0 Å². The summed E-state index contributed by atoms with van der Waals surface area (Å²) in [7, 11) is 0. The van der Waals surface area contributed by atoms with Crippen molar-refractivity contribution in [1.82, 2.24) is 19.5 Å². The Hall–Kier alpha value is -2.87. The first-order chi connectivity index (χ1) is 12.8. The van der Waals surface area contributed by atoms with Gasteiger partial charge in [0.2, 0.25) is 0 Å². The number of aromatic nitrogens is 4. The topological polar surface area (TPSA) is 200 Å². The first kappa shape index (κ1) is 18.9. The number of anilines is 1. The first-order valence-corrected chi connectivity index (χ1v) is 7.84. The van der Waals surface area contributed by atoms with E-state index in [1.165, 1.54) is 10.9 Å². The van der Waals surface area contributed by atoms with Crippen LogP contribution in [0.15, 0.2) is 12.7 Å². The summed E-state index contributed by atoms with van der Waals surface area (Å²) in [5.41, 5.74) is 0.272. The van der Waals surface area contributed by atoms with Gasteiger partial charge in [0.05, 0.1) is 19.4 Å². The average molecular weight is 383 g/mol. The molecule has 0 bridgehead atoms. The number of hydrogen-bond donors (Lipinski definition) is 6. The number of aliphatic hydroxyl groups is 3. The van der Waals surface area contributed by atoms with Crippen LogP contribution in [0.4, 0.5) is 5.82 Å². The van der Waals surface area contributed by atoms with Crippen molar-refractivity contribution in [2.45, 2.75) is 37.0 Å². The number of rotatable bonds is 7. The molecular formula is C14H17N5O8. The minimum atomic E-state index is -1.44. The molecule has 2 aromatic heterocycles. The highest BCUT2D eigenvalue weighted by atomic mass is 16.6. The van der Waals surface area contributed by atoms with Gasteiger partial charge in [-0.2, -0.15) is 0 Å². The smallest absolute Gasteiger partial charge is 0.326 e. The lowest BCUT2D eigenvalue weighted by atomic mass is 10.1. The summed E-state index contributed by atoms with van der Waals surface area (Å²) >= 11 is 0. The lowest BCUT2D eigenvalue weighted by Crippen LogP contribution is -2.33. The minimum Gasteiger partial charge on any atom is -0.481 e. The molecule has 0 spiro atoms. The van der Waals surface area contributed by atoms with Gasteiger partial charge in [-0.05, 0) is 0 Å². The van der Waals surface area contributed by atoms with E-state index in [0.717, 1.165) is 6.33 Å². The zero-order chi connectivity index (χ0) is 19.7. The van der Waals surface area contributed by atoms with Crippen LogP contribution < -0.4 is 5.32 Å². The van der Waals surface area contributed by atoms with E-state index in [1.54, 1.807) is 0 Å². The fraction of sp³-hybridized carbons (Fsp3) is 0.500. The van der Waals surface area contributed by atoms with Crippen molar-refractivity contribution in [3.63, 3.8) is 0 Å². The van der Waals surface area contributed by atoms with Crippen LogP contribution in [-0.2, 0) is 14.3 Å². The number of hydrogen-bond acceptors (Lipinski definition) is 10. The summed E-state index contributed by atoms with van der Waals surface area (Å²) in [6, 6.07) is -1.44. The summed E-state index contributed by atoms with van der Waals surface area (Å²) in [5, 5.41) is 49.7. The standard InChI is InChI=1S/C14H17N5O8/c20-2-6-9(23)10(24)13(27-6)19-4-17-8-11(15-3-16-12(8)19)18-5(14(25)26)1-7(21)22/h3-6,9-10,13,20,23-24H,1-2H2,(H,21,22)(H,25,26)(H,15,16,18)/t5?,6-,9-,10-,13?/m1/s1. The van der Waals surface area contributed by atoms with Crippen molar-refractivity contribution < 1.29 is 39.9 Å². The third kappa shape index (κ3) is 3.52. The van der Waals surface area contributed by atoms with E-state index in [0.29, 0.717) is 0 Å². The highest BCUT2D eigenvalue weighted by Crippen LogP contribution is 2.32. The molecule has 2 unspecified atom stereocenters. The van der Waals surface area contributed by atoms with Crippen LogP contribution in [0, 0.1) is 0 Å². The molecule has 0 amide bonds. The molecule has 13 heteroatoms. The maximum absolute atomic E-state index is 11.2. The molecule has 0 radical (unpaired) electrons. The normalized spacial score (nSPS) is 26.2. The molecule has 2 aromatic rings. The van der Waals surface area contributed by atoms with E-state index >= 15 is 0 Å². The summed E-state index contributed by atoms with van der Waals surface area (Å²) in [6.07, 6.45) is -3.08. The van der Waals surface area contributed by atoms with Gasteiger partial charge in [0, 0.05) is 0 Å². The summed E-state index contributed by atoms with van der Waals surface area (Å²) in [6.45, 7) is -0.501. The monoisotopic (exact) mass is 383 g/mol. The van der Waals surface area contributed by atoms with E-state index in [2.05, 4.69) is 20.3 Å². The molecule has 0 aliphatic carbocycles. The zero-order valence-electron chi connectivity index (χ0n) is 13.7. The van der Waals surface area contributed by atoms with E-state index < -0.39 is 55.5 Å². The highest BCUT2D eigenvalue weighted by molar-refractivity contribution is 5.88. The number of aliphatic hydroxyl groups excluding tert-OH is 3. The molecule has 0 aromatic carbocycles. The average Bonchev–Trinajstić information content (AvgIpc) is 3.16. The number of carboxylic acid groups (broad SMARTS) is 2. The van der Waals surface area contributed by atoms with Crippen LogP contribution in [0.3, 0.4) is 0 Å². The molecular weight excluding hydrogens is 366 g/mol. The maximum Gasteiger partial charge on any atom is 0.326 e. The van der Waals surface area contributed by atoms with Gasteiger partial charge < -0.3 is 35.6 Å². The molecule has 146 valence electrons. The number of aliphatic carboxylic acids is 2. The summed E-state index contributed by atoms with van der Waals surface area (Å²) < 4.78 is 6.72. The fourth-order valence-electron chi connectivity index (χ4n) is 2.79. The zero-order valence-corrected chi connectivity index (χ0v) is 13.7. The van der Waals surface area contributed by atoms with Crippen LogP contribution >= 0.6 is 0 Å². The molecule has 1 aliphatic heterocycles. The Morgan fingerprint density at radius 3 is 2.56 bits per heavy atom. The SMILES string of the molecule is O=C(O)CC(Nc1ncnc2c1ncn2C1O[C@H](CO)[C@@H](O)[C@H]1O)C(=O)O. The van der Waals surface area contributed by atoms with Crippen LogP contribution in [-0.4, -0.2) is 88.0 Å². The molecule has 3 rings (SSSR count). The molecule has 27 heavy (non-hydrogen) atoms. The lowest BCUT2D eigenvalue weighted by molar-refractivity contribution is -0.144. The number of carbonyl (C=O) groups is 2. The van der Waals surface area contributed by atoms with Crippen molar-refractivity contribution >= 4 is 28.9 Å². The number of nitrogens with zero attached hydrogens (tertiary/aromatic N) is 4. The molecule has 3 heterocycles. The van der Waals surface area contributed by atoms with Gasteiger partial charge in [-0.25, -0.2) is 19.7 Å². The molecule has 1 saturated heterocycles. The molecule has 5 atom stereocenters. The third-order valence-corrected chi connectivity index (χ3v) is 4.14. The number of fused-ring (bicyclic) bond motifs is 1. The minimum absolute atomic E-state index is 0.0147. The van der Waals surface area contributed by atoms with Gasteiger partial charge in [0.15, 0.2) is 23.2 Å². The molecule has 6 N–H and O–H groups in total. The number of nitrogens with one attached hydrogen (secondary N) is 1. The first-order valence-electron chi connectivity index (χ1n) is 7.84. The Labute approximate surface area is 150 Å². The van der Waals surface area contributed by atoms with Crippen LogP contribution in [0.25, 0.3) is 11.2 Å². The van der Waals surface area contributed by atoms with Gasteiger partial charge >= 0.3 is 11.9 Å². The number of carboxylic acids is 2. The predicted octanol–water partition coefficient (Wildman–Crippen LogP) is -2.22. The van der Waals surface area contributed by atoms with E-state index in [-0.39, 0.29) is 17.0 Å². The van der Waals surface area contributed by atoms with Gasteiger partial charge in [0.1, 0.15) is 30.7 Å². The Balaban J connectivity index is 1.93. The molecule has 1 fully saturated rings. The van der Waals surface area contributed by atoms with Gasteiger partial charge in [0.25, 0.3) is 0 Å². The van der Waals surface area contributed by atoms with Crippen LogP contribution in [0.5, 0.6) is 0 Å². The van der Waals surface area contributed by atoms with Crippen molar-refractivity contribution in [3.8, 4) is 0 Å². The molecule has 1 aliphatic rings. The van der Waals surface area contributed by atoms with Gasteiger partial charge in [-0.3, -0.25) is 9.36 Å². The Morgan fingerprint density at radius 2 is 1.96 bits per heavy atom. The van der Waals surface area contributed by atoms with Crippen molar-refractivity contribution in [2.24, 2.45) is 0 Å². The second-order valence-electron chi connectivity index (χ2n) is 5.91. The van der Waals surface area contributed by atoms with E-state index in [4.69, 9.17) is 14.9 Å². The quantitative estimate of drug-likeness (QED) is 0.301. The number of ether oxygens (including phenoxy) is 1. The van der Waals surface area contributed by atoms with Crippen LogP contribution in [0.2, 0.25) is 0 Å². The second kappa shape index (κ2) is 7.40. The van der Waals surface area contributed by atoms with E-state index in [9.17, 15) is 24.9 Å². The summed E-state index contributed by atoms with van der Waals surface area (Å²) in [4.78, 5) is 34.0. The van der Waals surface area contributed by atoms with Gasteiger partial charge in [-0.1, -0.05) is 0 Å².